The van der Waals surface area contributed by atoms with Crippen molar-refractivity contribution in [1.82, 2.24) is 5.32 Å². The normalized spacial score (nSPS) is 12.1. The van der Waals surface area contributed by atoms with Crippen molar-refractivity contribution < 1.29 is 4.39 Å². The minimum Gasteiger partial charge on any atom is -0.314 e. The summed E-state index contributed by atoms with van der Waals surface area (Å²) in [5.74, 6) is -0.126. The Balaban J connectivity index is 3.06. The first kappa shape index (κ1) is 16.2. The van der Waals surface area contributed by atoms with Crippen LogP contribution in [0.5, 0.6) is 0 Å². The van der Waals surface area contributed by atoms with Gasteiger partial charge in [0.05, 0.1) is 0 Å². The topological polar surface area (TPSA) is 12.0 Å². The van der Waals surface area contributed by atoms with E-state index < -0.39 is 0 Å². The number of benzene rings is 1. The largest absolute Gasteiger partial charge is 0.314 e. The summed E-state index contributed by atoms with van der Waals surface area (Å²) in [5.41, 5.74) is 1.21. The van der Waals surface area contributed by atoms with Crippen LogP contribution in [0.25, 0.3) is 0 Å². The molecular weight excluding hydrogens is 237 g/mol. The molecule has 0 aliphatic carbocycles. The van der Waals surface area contributed by atoms with E-state index >= 15 is 0 Å². The lowest BCUT2D eigenvalue weighted by molar-refractivity contribution is 0.323. The Morgan fingerprint density at radius 2 is 1.79 bits per heavy atom. The van der Waals surface area contributed by atoms with Gasteiger partial charge in [-0.15, -0.1) is 0 Å². The fraction of sp³-hybridized carbons (Fsp3) is 0.647. The van der Waals surface area contributed by atoms with Gasteiger partial charge < -0.3 is 5.32 Å². The third-order valence-electron chi connectivity index (χ3n) is 3.74. The van der Waals surface area contributed by atoms with E-state index in [1.165, 1.54) is 6.07 Å². The Hall–Kier alpha value is -0.890. The zero-order chi connectivity index (χ0) is 14.3. The van der Waals surface area contributed by atoms with Gasteiger partial charge in [0.1, 0.15) is 5.82 Å². The van der Waals surface area contributed by atoms with Gasteiger partial charge in [0.2, 0.25) is 0 Å². The van der Waals surface area contributed by atoms with Gasteiger partial charge >= 0.3 is 0 Å². The molecule has 2 heteroatoms. The molecule has 0 heterocycles. The molecule has 19 heavy (non-hydrogen) atoms. The predicted octanol–water partition coefficient (Wildman–Crippen LogP) is 4.66. The van der Waals surface area contributed by atoms with Crippen LogP contribution in [0.3, 0.4) is 0 Å². The van der Waals surface area contributed by atoms with E-state index in [9.17, 15) is 4.39 Å². The second kappa shape index (κ2) is 7.64. The van der Waals surface area contributed by atoms with Crippen LogP contribution in [0.4, 0.5) is 4.39 Å². The van der Waals surface area contributed by atoms with E-state index in [1.54, 1.807) is 6.07 Å². The fourth-order valence-electron chi connectivity index (χ4n) is 2.87. The average molecular weight is 265 g/mol. The minimum atomic E-state index is -0.126. The van der Waals surface area contributed by atoms with Gasteiger partial charge in [0.25, 0.3) is 0 Å². The molecule has 0 amide bonds. The van der Waals surface area contributed by atoms with Gasteiger partial charge in [-0.05, 0) is 30.5 Å². The van der Waals surface area contributed by atoms with Crippen LogP contribution in [0, 0.1) is 5.82 Å². The molecule has 0 fully saturated rings. The molecular formula is C17H28FN. The first-order chi connectivity index (χ1) is 9.04. The molecule has 0 saturated carbocycles. The van der Waals surface area contributed by atoms with Crippen molar-refractivity contribution in [2.24, 2.45) is 0 Å². The van der Waals surface area contributed by atoms with Crippen molar-refractivity contribution in [3.8, 4) is 0 Å². The van der Waals surface area contributed by atoms with Gasteiger partial charge in [-0.3, -0.25) is 0 Å². The zero-order valence-corrected chi connectivity index (χ0v) is 12.8. The highest BCUT2D eigenvalue weighted by atomic mass is 19.1. The lowest BCUT2D eigenvalue weighted by Gasteiger charge is -2.35. The van der Waals surface area contributed by atoms with Gasteiger partial charge in [-0.2, -0.15) is 0 Å². The molecule has 0 radical (unpaired) electrons. The number of hydrogen-bond acceptors (Lipinski definition) is 1. The van der Waals surface area contributed by atoms with Crippen LogP contribution in [0.1, 0.15) is 58.9 Å². The van der Waals surface area contributed by atoms with Crippen LogP contribution in [0.2, 0.25) is 0 Å². The first-order valence-corrected chi connectivity index (χ1v) is 7.53. The van der Waals surface area contributed by atoms with Gasteiger partial charge in [0.15, 0.2) is 0 Å². The molecule has 0 aliphatic heterocycles. The first-order valence-electron chi connectivity index (χ1n) is 7.53. The van der Waals surface area contributed by atoms with Crippen LogP contribution in [-0.4, -0.2) is 12.6 Å². The standard InChI is InChI=1S/C17H28FN/c1-5-10-17(11-6-2,13-19-14(3)4)15-8-7-9-16(18)12-15/h7-9,12,14,19H,5-6,10-11,13H2,1-4H3. The van der Waals surface area contributed by atoms with Crippen molar-refractivity contribution in [3.05, 3.63) is 35.6 Å². The van der Waals surface area contributed by atoms with E-state index in [2.05, 4.69) is 39.1 Å². The Morgan fingerprint density at radius 1 is 1.16 bits per heavy atom. The van der Waals surface area contributed by atoms with Gasteiger partial charge in [0, 0.05) is 18.0 Å². The minimum absolute atomic E-state index is 0.0653. The maximum atomic E-state index is 13.6. The summed E-state index contributed by atoms with van der Waals surface area (Å²) in [6.07, 6.45) is 4.45. The molecule has 0 unspecified atom stereocenters. The van der Waals surface area contributed by atoms with Crippen molar-refractivity contribution in [3.63, 3.8) is 0 Å². The molecule has 1 rings (SSSR count). The van der Waals surface area contributed by atoms with Crippen LogP contribution < -0.4 is 5.32 Å². The summed E-state index contributed by atoms with van der Waals surface area (Å²) in [5, 5.41) is 3.55. The molecule has 0 atom stereocenters. The third-order valence-corrected chi connectivity index (χ3v) is 3.74. The summed E-state index contributed by atoms with van der Waals surface area (Å²) in [4.78, 5) is 0. The second-order valence-corrected chi connectivity index (χ2v) is 5.83. The predicted molar refractivity (Wildman–Crippen MR) is 81.0 cm³/mol. The van der Waals surface area contributed by atoms with Crippen molar-refractivity contribution >= 4 is 0 Å². The summed E-state index contributed by atoms with van der Waals surface area (Å²) >= 11 is 0. The Bertz CT molecular complexity index is 367. The van der Waals surface area contributed by atoms with Gasteiger partial charge in [-0.1, -0.05) is 52.7 Å². The number of rotatable bonds is 8. The second-order valence-electron chi connectivity index (χ2n) is 5.83. The zero-order valence-electron chi connectivity index (χ0n) is 12.8. The smallest absolute Gasteiger partial charge is 0.123 e. The fourth-order valence-corrected chi connectivity index (χ4v) is 2.87. The lowest BCUT2D eigenvalue weighted by Crippen LogP contribution is -2.41. The molecule has 1 aromatic carbocycles. The highest BCUT2D eigenvalue weighted by Crippen LogP contribution is 2.34. The highest BCUT2D eigenvalue weighted by molar-refractivity contribution is 5.27. The molecule has 0 aliphatic rings. The molecule has 0 saturated heterocycles. The Morgan fingerprint density at radius 3 is 2.26 bits per heavy atom. The molecule has 0 bridgehead atoms. The summed E-state index contributed by atoms with van der Waals surface area (Å²) < 4.78 is 13.6. The molecule has 0 spiro atoms. The maximum Gasteiger partial charge on any atom is 0.123 e. The molecule has 1 N–H and O–H groups in total. The Kier molecular flexibility index (Phi) is 6.50. The SMILES string of the molecule is CCCC(CCC)(CNC(C)C)c1cccc(F)c1. The average Bonchev–Trinajstić information content (AvgIpc) is 2.36. The van der Waals surface area contributed by atoms with E-state index in [1.807, 2.05) is 6.07 Å². The number of hydrogen-bond donors (Lipinski definition) is 1. The lowest BCUT2D eigenvalue weighted by atomic mass is 9.73. The summed E-state index contributed by atoms with van der Waals surface area (Å²) in [7, 11) is 0. The molecule has 0 aromatic heterocycles. The van der Waals surface area contributed by atoms with Crippen LogP contribution in [-0.2, 0) is 5.41 Å². The molecule has 1 nitrogen and oxygen atoms in total. The summed E-state index contributed by atoms with van der Waals surface area (Å²) in [6.45, 7) is 9.66. The van der Waals surface area contributed by atoms with E-state index in [0.29, 0.717) is 6.04 Å². The van der Waals surface area contributed by atoms with Crippen LogP contribution in [0.15, 0.2) is 24.3 Å². The molecule has 108 valence electrons. The van der Waals surface area contributed by atoms with E-state index in [4.69, 9.17) is 0 Å². The van der Waals surface area contributed by atoms with Gasteiger partial charge in [-0.25, -0.2) is 4.39 Å². The monoisotopic (exact) mass is 265 g/mol. The van der Waals surface area contributed by atoms with E-state index in [0.717, 1.165) is 37.8 Å². The summed E-state index contributed by atoms with van der Waals surface area (Å²) in [6, 6.07) is 7.62. The van der Waals surface area contributed by atoms with Crippen molar-refractivity contribution in [2.75, 3.05) is 6.54 Å². The Labute approximate surface area is 117 Å². The highest BCUT2D eigenvalue weighted by Gasteiger charge is 2.30. The van der Waals surface area contributed by atoms with E-state index in [-0.39, 0.29) is 11.2 Å². The quantitative estimate of drug-likeness (QED) is 0.720. The van der Waals surface area contributed by atoms with Crippen molar-refractivity contribution in [1.29, 1.82) is 0 Å². The number of halogens is 1. The van der Waals surface area contributed by atoms with Crippen LogP contribution >= 0.6 is 0 Å². The molecule has 1 aromatic rings. The third kappa shape index (κ3) is 4.61. The maximum absolute atomic E-state index is 13.6. The van der Waals surface area contributed by atoms with Crippen molar-refractivity contribution in [2.45, 2.75) is 64.8 Å². The number of nitrogens with one attached hydrogen (secondary N) is 1.